The molecule has 0 aromatic heterocycles. The van der Waals surface area contributed by atoms with Gasteiger partial charge in [0.1, 0.15) is 11.3 Å². The van der Waals surface area contributed by atoms with Gasteiger partial charge in [-0.3, -0.25) is 0 Å². The lowest BCUT2D eigenvalue weighted by atomic mass is 10.0. The molecule has 1 aliphatic carbocycles. The molecule has 2 atom stereocenters. The number of hydrogen-bond donors (Lipinski definition) is 0. The molecule has 132 valence electrons. The van der Waals surface area contributed by atoms with Gasteiger partial charge in [0, 0.05) is 14.9 Å². The van der Waals surface area contributed by atoms with Crippen LogP contribution in [0.15, 0.2) is 51.4 Å². The molecule has 0 amide bonds. The standard InChI is InChI=1S/C20H19Br2FO2/c1-19(2,3)25-18(24)12-4-7-14(8-5-12)20(23)11-15(20)13-6-9-16(21)17(22)10-13/h4-10,15H,11H2,1-3H3. The van der Waals surface area contributed by atoms with Crippen LogP contribution in [0.1, 0.15) is 54.6 Å². The Bertz CT molecular complexity index is 811. The average Bonchev–Trinajstić information content (AvgIpc) is 3.22. The van der Waals surface area contributed by atoms with Crippen molar-refractivity contribution in [2.45, 2.75) is 44.4 Å². The number of alkyl halides is 1. The van der Waals surface area contributed by atoms with Gasteiger partial charge in [0.05, 0.1) is 5.56 Å². The summed E-state index contributed by atoms with van der Waals surface area (Å²) in [5, 5.41) is 0. The van der Waals surface area contributed by atoms with Crippen LogP contribution >= 0.6 is 31.9 Å². The lowest BCUT2D eigenvalue weighted by Crippen LogP contribution is -2.23. The molecule has 1 aliphatic rings. The number of carbonyl (C=O) groups is 1. The first-order chi connectivity index (χ1) is 11.6. The Morgan fingerprint density at radius 3 is 2.32 bits per heavy atom. The average molecular weight is 470 g/mol. The van der Waals surface area contributed by atoms with Gasteiger partial charge in [-0.2, -0.15) is 0 Å². The van der Waals surface area contributed by atoms with E-state index in [1.54, 1.807) is 24.3 Å². The molecule has 1 fully saturated rings. The lowest BCUT2D eigenvalue weighted by molar-refractivity contribution is 0.00694. The van der Waals surface area contributed by atoms with Crippen molar-refractivity contribution in [1.29, 1.82) is 0 Å². The summed E-state index contributed by atoms with van der Waals surface area (Å²) >= 11 is 6.89. The third-order valence-electron chi connectivity index (χ3n) is 4.24. The summed E-state index contributed by atoms with van der Waals surface area (Å²) in [6, 6.07) is 12.5. The summed E-state index contributed by atoms with van der Waals surface area (Å²) in [5.74, 6) is -0.555. The van der Waals surface area contributed by atoms with E-state index in [0.717, 1.165) is 14.5 Å². The molecule has 3 rings (SSSR count). The summed E-state index contributed by atoms with van der Waals surface area (Å²) in [5.41, 5.74) is 0.0800. The van der Waals surface area contributed by atoms with Crippen LogP contribution < -0.4 is 0 Å². The van der Waals surface area contributed by atoms with Crippen molar-refractivity contribution in [3.63, 3.8) is 0 Å². The Morgan fingerprint density at radius 2 is 1.76 bits per heavy atom. The zero-order valence-corrected chi connectivity index (χ0v) is 17.4. The van der Waals surface area contributed by atoms with Crippen molar-refractivity contribution in [2.75, 3.05) is 0 Å². The molecule has 2 nitrogen and oxygen atoms in total. The molecule has 0 N–H and O–H groups in total. The number of hydrogen-bond acceptors (Lipinski definition) is 2. The van der Waals surface area contributed by atoms with Gasteiger partial charge < -0.3 is 4.74 Å². The molecule has 0 aliphatic heterocycles. The molecule has 5 heteroatoms. The maximum Gasteiger partial charge on any atom is 0.338 e. The Hall–Kier alpha value is -1.20. The molecule has 25 heavy (non-hydrogen) atoms. The summed E-state index contributed by atoms with van der Waals surface area (Å²) in [7, 11) is 0. The van der Waals surface area contributed by atoms with Gasteiger partial charge in [-0.05, 0) is 94.4 Å². The van der Waals surface area contributed by atoms with Gasteiger partial charge in [-0.25, -0.2) is 9.18 Å². The third kappa shape index (κ3) is 3.98. The Kier molecular flexibility index (Phi) is 4.84. The third-order valence-corrected chi connectivity index (χ3v) is 6.12. The SMILES string of the molecule is CC(C)(C)OC(=O)c1ccc(C2(F)CC2c2ccc(Br)c(Br)c2)cc1. The number of carbonyl (C=O) groups excluding carboxylic acids is 1. The van der Waals surface area contributed by atoms with Crippen LogP contribution in [0.5, 0.6) is 0 Å². The van der Waals surface area contributed by atoms with Gasteiger partial charge in [-0.15, -0.1) is 0 Å². The molecule has 1 saturated carbocycles. The van der Waals surface area contributed by atoms with Crippen LogP contribution in [0, 0.1) is 0 Å². The van der Waals surface area contributed by atoms with Crippen LogP contribution in [0.4, 0.5) is 4.39 Å². The van der Waals surface area contributed by atoms with Crippen molar-refractivity contribution in [3.05, 3.63) is 68.1 Å². The maximum atomic E-state index is 15.3. The summed E-state index contributed by atoms with van der Waals surface area (Å²) < 4.78 is 22.5. The second-order valence-electron chi connectivity index (χ2n) is 7.37. The minimum Gasteiger partial charge on any atom is -0.456 e. The fourth-order valence-corrected chi connectivity index (χ4v) is 3.53. The largest absolute Gasteiger partial charge is 0.456 e. The topological polar surface area (TPSA) is 26.3 Å². The van der Waals surface area contributed by atoms with Crippen molar-refractivity contribution >= 4 is 37.8 Å². The first kappa shape index (κ1) is 18.6. The minimum atomic E-state index is -1.38. The van der Waals surface area contributed by atoms with E-state index in [0.29, 0.717) is 17.5 Å². The van der Waals surface area contributed by atoms with E-state index in [-0.39, 0.29) is 5.92 Å². The molecular formula is C20H19Br2FO2. The first-order valence-electron chi connectivity index (χ1n) is 8.08. The molecule has 2 aromatic carbocycles. The van der Waals surface area contributed by atoms with Crippen LogP contribution in [0.3, 0.4) is 0 Å². The highest BCUT2D eigenvalue weighted by Crippen LogP contribution is 2.61. The Morgan fingerprint density at radius 1 is 1.12 bits per heavy atom. The molecule has 2 unspecified atom stereocenters. The fraction of sp³-hybridized carbons (Fsp3) is 0.350. The fourth-order valence-electron chi connectivity index (χ4n) is 2.89. The van der Waals surface area contributed by atoms with Crippen LogP contribution in [-0.2, 0) is 10.4 Å². The highest BCUT2D eigenvalue weighted by atomic mass is 79.9. The number of rotatable bonds is 3. The zero-order valence-electron chi connectivity index (χ0n) is 14.3. The zero-order chi connectivity index (χ0) is 18.4. The highest BCUT2D eigenvalue weighted by Gasteiger charge is 2.57. The van der Waals surface area contributed by atoms with E-state index in [4.69, 9.17) is 4.74 Å². The second kappa shape index (κ2) is 6.51. The van der Waals surface area contributed by atoms with Crippen LogP contribution in [0.25, 0.3) is 0 Å². The number of esters is 1. The van der Waals surface area contributed by atoms with E-state index >= 15 is 4.39 Å². The van der Waals surface area contributed by atoms with Crippen molar-refractivity contribution in [1.82, 2.24) is 0 Å². The summed E-state index contributed by atoms with van der Waals surface area (Å²) in [6.07, 6.45) is 0.451. The quantitative estimate of drug-likeness (QED) is 0.478. The van der Waals surface area contributed by atoms with E-state index in [2.05, 4.69) is 31.9 Å². The normalized spacial score (nSPS) is 22.6. The molecule has 0 heterocycles. The molecule has 2 aromatic rings. The first-order valence-corrected chi connectivity index (χ1v) is 9.66. The van der Waals surface area contributed by atoms with Gasteiger partial charge in [-0.1, -0.05) is 18.2 Å². The molecule has 0 saturated heterocycles. The maximum absolute atomic E-state index is 15.3. The number of halogens is 3. The van der Waals surface area contributed by atoms with Gasteiger partial charge >= 0.3 is 5.97 Å². The number of benzene rings is 2. The predicted molar refractivity (Wildman–Crippen MR) is 104 cm³/mol. The molecular weight excluding hydrogens is 451 g/mol. The van der Waals surface area contributed by atoms with E-state index in [9.17, 15) is 4.79 Å². The van der Waals surface area contributed by atoms with Crippen molar-refractivity contribution in [2.24, 2.45) is 0 Å². The summed E-state index contributed by atoms with van der Waals surface area (Å²) in [4.78, 5) is 12.1. The van der Waals surface area contributed by atoms with Crippen LogP contribution in [0.2, 0.25) is 0 Å². The van der Waals surface area contributed by atoms with Crippen LogP contribution in [-0.4, -0.2) is 11.6 Å². The smallest absolute Gasteiger partial charge is 0.338 e. The van der Waals surface area contributed by atoms with E-state index in [1.807, 2.05) is 39.0 Å². The molecule has 0 spiro atoms. The van der Waals surface area contributed by atoms with E-state index < -0.39 is 17.2 Å². The second-order valence-corrected chi connectivity index (χ2v) is 9.08. The van der Waals surface area contributed by atoms with Gasteiger partial charge in [0.2, 0.25) is 0 Å². The predicted octanol–water partition coefficient (Wildman–Crippen LogP) is 6.52. The minimum absolute atomic E-state index is 0.163. The molecule has 0 radical (unpaired) electrons. The lowest BCUT2D eigenvalue weighted by Gasteiger charge is -2.19. The van der Waals surface area contributed by atoms with Gasteiger partial charge in [0.15, 0.2) is 0 Å². The van der Waals surface area contributed by atoms with E-state index in [1.165, 1.54) is 0 Å². The monoisotopic (exact) mass is 468 g/mol. The van der Waals surface area contributed by atoms with Crippen molar-refractivity contribution < 1.29 is 13.9 Å². The van der Waals surface area contributed by atoms with Crippen molar-refractivity contribution in [3.8, 4) is 0 Å². The number of ether oxygens (including phenoxy) is 1. The Balaban J connectivity index is 1.77. The van der Waals surface area contributed by atoms with Gasteiger partial charge in [0.25, 0.3) is 0 Å². The Labute approximate surface area is 164 Å². The molecule has 0 bridgehead atoms. The summed E-state index contributed by atoms with van der Waals surface area (Å²) in [6.45, 7) is 5.46. The highest BCUT2D eigenvalue weighted by molar-refractivity contribution is 9.13.